The van der Waals surface area contributed by atoms with Gasteiger partial charge in [-0.25, -0.2) is 9.78 Å². The molecule has 3 aliphatic rings. The number of ketones is 1. The number of hydrogen-bond donors (Lipinski definition) is 0. The van der Waals surface area contributed by atoms with Gasteiger partial charge in [-0.05, 0) is 79.3 Å². The highest BCUT2D eigenvalue weighted by molar-refractivity contribution is 7.12. The van der Waals surface area contributed by atoms with Crippen LogP contribution in [-0.2, 0) is 14.3 Å². The minimum atomic E-state index is -0.642. The van der Waals surface area contributed by atoms with Gasteiger partial charge in [-0.15, -0.1) is 11.3 Å². The number of amides is 2. The predicted octanol–water partition coefficient (Wildman–Crippen LogP) is 6.50. The molecule has 2 saturated carbocycles. The lowest BCUT2D eigenvalue weighted by Gasteiger charge is -2.19. The Morgan fingerprint density at radius 3 is 2.39 bits per heavy atom. The van der Waals surface area contributed by atoms with E-state index in [9.17, 15) is 19.2 Å². The molecule has 0 radical (unpaired) electrons. The lowest BCUT2D eigenvalue weighted by Crippen LogP contribution is -2.32. The summed E-state index contributed by atoms with van der Waals surface area (Å²) in [5.74, 6) is -0.816. The molecule has 7 nitrogen and oxygen atoms in total. The molecule has 2 aromatic carbocycles. The Hall–Kier alpha value is -3.88. The van der Waals surface area contributed by atoms with E-state index in [1.54, 1.807) is 60.0 Å². The Balaban J connectivity index is 1.20. The van der Waals surface area contributed by atoms with Crippen LogP contribution in [-0.4, -0.2) is 35.2 Å². The van der Waals surface area contributed by atoms with Gasteiger partial charge in [-0.2, -0.15) is 0 Å². The number of rotatable bonds is 6. The molecule has 2 amide bonds. The molecule has 9 heteroatoms. The Morgan fingerprint density at radius 1 is 1.02 bits per heavy atom. The fourth-order valence-electron chi connectivity index (χ4n) is 6.88. The second-order valence-corrected chi connectivity index (χ2v) is 12.4. The SMILES string of the molecule is Cc1c(Cl)ccc2c(C(=O)OCC(=O)c3cccs3)cc(-c3ccc(N4C(=O)C5C6CCC(C6)C5C4=O)cc3)nc12. The fraction of sp³-hybridized carbons (Fsp3) is 0.281. The molecule has 3 heterocycles. The van der Waals surface area contributed by atoms with Crippen molar-refractivity contribution in [3.63, 3.8) is 0 Å². The van der Waals surface area contributed by atoms with Crippen LogP contribution in [0.25, 0.3) is 22.2 Å². The van der Waals surface area contributed by atoms with E-state index in [0.29, 0.717) is 55.1 Å². The number of halogens is 1. The number of nitrogens with zero attached hydrogens (tertiary/aromatic N) is 2. The van der Waals surface area contributed by atoms with Gasteiger partial charge in [0.2, 0.25) is 17.6 Å². The topological polar surface area (TPSA) is 93.6 Å². The second-order valence-electron chi connectivity index (χ2n) is 11.0. The van der Waals surface area contributed by atoms with Crippen LogP contribution in [0.5, 0.6) is 0 Å². The number of carbonyl (C=O) groups excluding carboxylic acids is 4. The Labute approximate surface area is 245 Å². The summed E-state index contributed by atoms with van der Waals surface area (Å²) in [7, 11) is 0. The monoisotopic (exact) mass is 584 g/mol. The molecule has 206 valence electrons. The van der Waals surface area contributed by atoms with E-state index in [-0.39, 0.29) is 41.6 Å². The average molecular weight is 585 g/mol. The van der Waals surface area contributed by atoms with Crippen LogP contribution < -0.4 is 4.90 Å². The summed E-state index contributed by atoms with van der Waals surface area (Å²) in [5, 5.41) is 2.87. The highest BCUT2D eigenvalue weighted by Gasteiger charge is 2.61. The maximum absolute atomic E-state index is 13.3. The predicted molar refractivity (Wildman–Crippen MR) is 156 cm³/mol. The van der Waals surface area contributed by atoms with Gasteiger partial charge < -0.3 is 4.74 Å². The van der Waals surface area contributed by atoms with Gasteiger partial charge >= 0.3 is 5.97 Å². The number of pyridine rings is 1. The Bertz CT molecular complexity index is 1720. The molecule has 7 rings (SSSR count). The first-order valence-corrected chi connectivity index (χ1v) is 14.9. The highest BCUT2D eigenvalue weighted by atomic mass is 35.5. The molecule has 4 aromatic rings. The van der Waals surface area contributed by atoms with Crippen molar-refractivity contribution in [2.24, 2.45) is 23.7 Å². The van der Waals surface area contributed by atoms with Crippen molar-refractivity contribution in [2.45, 2.75) is 26.2 Å². The van der Waals surface area contributed by atoms with E-state index < -0.39 is 5.97 Å². The lowest BCUT2D eigenvalue weighted by atomic mass is 9.81. The summed E-state index contributed by atoms with van der Waals surface area (Å²) in [6, 6.07) is 15.6. The van der Waals surface area contributed by atoms with E-state index in [0.717, 1.165) is 19.3 Å². The number of benzene rings is 2. The summed E-state index contributed by atoms with van der Waals surface area (Å²) < 4.78 is 5.43. The third-order valence-electron chi connectivity index (χ3n) is 8.87. The lowest BCUT2D eigenvalue weighted by molar-refractivity contribution is -0.123. The number of thiophene rings is 1. The smallest absolute Gasteiger partial charge is 0.339 e. The Morgan fingerprint density at radius 2 is 1.73 bits per heavy atom. The molecule has 2 aromatic heterocycles. The highest BCUT2D eigenvalue weighted by Crippen LogP contribution is 2.56. The first kappa shape index (κ1) is 26.0. The Kier molecular flexibility index (Phi) is 6.28. The number of fused-ring (bicyclic) bond motifs is 6. The molecule has 3 fully saturated rings. The summed E-state index contributed by atoms with van der Waals surface area (Å²) in [6.07, 6.45) is 3.05. The van der Waals surface area contributed by atoms with Crippen LogP contribution in [0.15, 0.2) is 60.0 Å². The molecule has 1 saturated heterocycles. The summed E-state index contributed by atoms with van der Waals surface area (Å²) in [4.78, 5) is 58.9. The zero-order valence-electron chi connectivity index (χ0n) is 22.1. The third kappa shape index (κ3) is 4.19. The van der Waals surface area contributed by atoms with Crippen molar-refractivity contribution in [1.82, 2.24) is 4.98 Å². The van der Waals surface area contributed by atoms with Gasteiger partial charge in [0.05, 0.1) is 39.2 Å². The summed E-state index contributed by atoms with van der Waals surface area (Å²) in [6.45, 7) is 1.45. The number of anilines is 1. The number of ether oxygens (including phenoxy) is 1. The second kappa shape index (κ2) is 9.89. The zero-order chi connectivity index (χ0) is 28.4. The van der Waals surface area contributed by atoms with Crippen molar-refractivity contribution >= 4 is 63.1 Å². The van der Waals surface area contributed by atoms with Crippen LogP contribution in [0.3, 0.4) is 0 Å². The average Bonchev–Trinajstić information content (AvgIpc) is 3.79. The molecule has 0 spiro atoms. The van der Waals surface area contributed by atoms with Gasteiger partial charge in [0, 0.05) is 16.0 Å². The molecule has 4 atom stereocenters. The molecule has 1 aliphatic heterocycles. The van der Waals surface area contributed by atoms with Crippen LogP contribution in [0, 0.1) is 30.6 Å². The minimum Gasteiger partial charge on any atom is -0.454 e. The number of hydrogen-bond acceptors (Lipinski definition) is 7. The van der Waals surface area contributed by atoms with Gasteiger partial charge in [-0.3, -0.25) is 19.3 Å². The third-order valence-corrected chi connectivity index (χ3v) is 10.2. The van der Waals surface area contributed by atoms with Gasteiger partial charge in [0.25, 0.3) is 0 Å². The number of aromatic nitrogens is 1. The van der Waals surface area contributed by atoms with E-state index >= 15 is 0 Å². The van der Waals surface area contributed by atoms with Gasteiger partial charge in [-0.1, -0.05) is 35.9 Å². The normalized spacial score (nSPS) is 22.9. The van der Waals surface area contributed by atoms with Crippen molar-refractivity contribution < 1.29 is 23.9 Å². The maximum atomic E-state index is 13.3. The number of carbonyl (C=O) groups is 4. The van der Waals surface area contributed by atoms with E-state index in [4.69, 9.17) is 21.3 Å². The van der Waals surface area contributed by atoms with E-state index in [1.165, 1.54) is 16.2 Å². The van der Waals surface area contributed by atoms with E-state index in [1.807, 2.05) is 6.92 Å². The van der Waals surface area contributed by atoms with Crippen molar-refractivity contribution in [3.05, 3.63) is 81.0 Å². The molecule has 2 aliphatic carbocycles. The largest absolute Gasteiger partial charge is 0.454 e. The number of esters is 1. The van der Waals surface area contributed by atoms with Crippen molar-refractivity contribution in [2.75, 3.05) is 11.5 Å². The van der Waals surface area contributed by atoms with Gasteiger partial charge in [0.15, 0.2) is 6.61 Å². The maximum Gasteiger partial charge on any atom is 0.339 e. The van der Waals surface area contributed by atoms with E-state index in [2.05, 4.69) is 0 Å². The summed E-state index contributed by atoms with van der Waals surface area (Å²) in [5.41, 5.74) is 3.26. The van der Waals surface area contributed by atoms with Crippen molar-refractivity contribution in [3.8, 4) is 11.3 Å². The molecular weight excluding hydrogens is 560 g/mol. The molecule has 2 bridgehead atoms. The fourth-order valence-corrected chi connectivity index (χ4v) is 7.69. The van der Waals surface area contributed by atoms with Crippen LogP contribution >= 0.6 is 22.9 Å². The van der Waals surface area contributed by atoms with Crippen LogP contribution in [0.1, 0.15) is 44.9 Å². The van der Waals surface area contributed by atoms with Gasteiger partial charge in [0.1, 0.15) is 0 Å². The molecular formula is C32H25ClN2O5S. The van der Waals surface area contributed by atoms with Crippen LogP contribution in [0.4, 0.5) is 5.69 Å². The zero-order valence-corrected chi connectivity index (χ0v) is 23.7. The number of imide groups is 1. The standard InChI is InChI=1S/C32H25ClN2O5S/c1-16-23(33)11-10-21-22(32(39)40-15-25(36)26-3-2-12-41-26)14-24(34-29(16)21)17-6-8-20(9-7-17)35-30(37)27-18-4-5-19(13-18)28(27)31(35)38/h2-3,6-12,14,18-19,27-28H,4-5,13,15H2,1H3. The van der Waals surface area contributed by atoms with Crippen molar-refractivity contribution in [1.29, 1.82) is 0 Å². The minimum absolute atomic E-state index is 0.0869. The summed E-state index contributed by atoms with van der Waals surface area (Å²) >= 11 is 7.69. The molecule has 0 N–H and O–H groups in total. The van der Waals surface area contributed by atoms with Crippen LogP contribution in [0.2, 0.25) is 5.02 Å². The number of Topliss-reactive ketones (excluding diaryl/α,β-unsaturated/α-hetero) is 1. The molecule has 4 unspecified atom stereocenters. The molecule has 41 heavy (non-hydrogen) atoms. The first-order valence-electron chi connectivity index (χ1n) is 13.6. The number of aryl methyl sites for hydroxylation is 1. The quantitative estimate of drug-likeness (QED) is 0.146. The first-order chi connectivity index (χ1) is 19.8.